The molecule has 6 heteroatoms. The van der Waals surface area contributed by atoms with E-state index in [1.54, 1.807) is 25.3 Å². The van der Waals surface area contributed by atoms with Crippen molar-refractivity contribution in [2.45, 2.75) is 26.3 Å². The number of rotatable bonds is 5. The molecule has 1 aromatic rings. The van der Waals surface area contributed by atoms with Gasteiger partial charge < -0.3 is 15.4 Å². The molecule has 0 spiro atoms. The lowest BCUT2D eigenvalue weighted by molar-refractivity contribution is 0.0913. The number of hydrogen-bond acceptors (Lipinski definition) is 4. The molecule has 0 aliphatic carbocycles. The highest BCUT2D eigenvalue weighted by Gasteiger charge is 2.17. The van der Waals surface area contributed by atoms with E-state index in [2.05, 4.69) is 15.6 Å². The molecule has 1 heterocycles. The fourth-order valence-electron chi connectivity index (χ4n) is 1.45. The molecular weight excluding hydrogens is 258 g/mol. The van der Waals surface area contributed by atoms with Crippen LogP contribution in [0.3, 0.4) is 0 Å². The van der Waals surface area contributed by atoms with Gasteiger partial charge in [-0.1, -0.05) is 6.07 Å². The summed E-state index contributed by atoms with van der Waals surface area (Å²) in [5.74, 6) is -0.628. The third kappa shape index (κ3) is 5.36. The number of aromatic nitrogens is 1. The van der Waals surface area contributed by atoms with Crippen LogP contribution in [0.25, 0.3) is 0 Å². The summed E-state index contributed by atoms with van der Waals surface area (Å²) in [6, 6.07) is 4.78. The van der Waals surface area contributed by atoms with Crippen LogP contribution in [-0.2, 0) is 4.74 Å². The number of amides is 2. The highest BCUT2D eigenvalue weighted by molar-refractivity contribution is 5.96. The molecule has 0 aliphatic rings. The van der Waals surface area contributed by atoms with Crippen molar-refractivity contribution >= 4 is 11.8 Å². The maximum absolute atomic E-state index is 12.0. The lowest BCUT2D eigenvalue weighted by Gasteiger charge is -2.20. The Bertz CT molecular complexity index is 481. The van der Waals surface area contributed by atoms with E-state index in [0.29, 0.717) is 13.2 Å². The molecule has 0 aromatic carbocycles. The molecule has 0 radical (unpaired) electrons. The van der Waals surface area contributed by atoms with Crippen LogP contribution in [0.15, 0.2) is 18.2 Å². The predicted molar refractivity (Wildman–Crippen MR) is 75.7 cm³/mol. The zero-order chi connectivity index (χ0) is 15.2. The summed E-state index contributed by atoms with van der Waals surface area (Å²) in [5, 5.41) is 5.46. The molecule has 0 bridgehead atoms. The van der Waals surface area contributed by atoms with Crippen LogP contribution in [0.1, 0.15) is 41.7 Å². The predicted octanol–water partition coefficient (Wildman–Crippen LogP) is 0.986. The van der Waals surface area contributed by atoms with Gasteiger partial charge in [0, 0.05) is 19.2 Å². The smallest absolute Gasteiger partial charge is 0.270 e. The topological polar surface area (TPSA) is 80.3 Å². The zero-order valence-corrected chi connectivity index (χ0v) is 12.3. The number of nitrogens with one attached hydrogen (secondary N) is 2. The molecule has 1 aromatic heterocycles. The minimum atomic E-state index is -0.352. The average molecular weight is 279 g/mol. The number of carbonyl (C=O) groups is 2. The zero-order valence-electron chi connectivity index (χ0n) is 12.3. The number of hydrogen-bond donors (Lipinski definition) is 2. The Morgan fingerprint density at radius 3 is 2.35 bits per heavy atom. The fraction of sp³-hybridized carbons (Fsp3) is 0.500. The third-order valence-electron chi connectivity index (χ3n) is 2.29. The van der Waals surface area contributed by atoms with Crippen molar-refractivity contribution < 1.29 is 14.3 Å². The molecule has 0 saturated heterocycles. The van der Waals surface area contributed by atoms with E-state index in [9.17, 15) is 9.59 Å². The van der Waals surface area contributed by atoms with Crippen molar-refractivity contribution in [2.75, 3.05) is 20.3 Å². The molecule has 1 rings (SSSR count). The quantitative estimate of drug-likeness (QED) is 0.788. The molecule has 2 amide bonds. The largest absolute Gasteiger partial charge is 0.383 e. The summed E-state index contributed by atoms with van der Waals surface area (Å²) in [5.41, 5.74) is 0.0807. The van der Waals surface area contributed by atoms with Crippen molar-refractivity contribution in [3.8, 4) is 0 Å². The van der Waals surface area contributed by atoms with Gasteiger partial charge in [0.25, 0.3) is 11.8 Å². The summed E-state index contributed by atoms with van der Waals surface area (Å²) >= 11 is 0. The Balaban J connectivity index is 2.75. The molecule has 0 saturated carbocycles. The molecular formula is C14H21N3O3. The van der Waals surface area contributed by atoms with E-state index >= 15 is 0 Å². The second-order valence-electron chi connectivity index (χ2n) is 5.36. The first-order valence-electron chi connectivity index (χ1n) is 6.40. The van der Waals surface area contributed by atoms with E-state index in [-0.39, 0.29) is 28.7 Å². The van der Waals surface area contributed by atoms with Crippen molar-refractivity contribution in [2.24, 2.45) is 0 Å². The molecule has 20 heavy (non-hydrogen) atoms. The van der Waals surface area contributed by atoms with Crippen LogP contribution in [0, 0.1) is 0 Å². The Hall–Kier alpha value is -1.95. The molecule has 0 unspecified atom stereocenters. The van der Waals surface area contributed by atoms with Crippen LogP contribution in [0.5, 0.6) is 0 Å². The molecule has 2 N–H and O–H groups in total. The number of methoxy groups -OCH3 is 1. The lowest BCUT2D eigenvalue weighted by atomic mass is 10.1. The number of ether oxygens (including phenoxy) is 1. The summed E-state index contributed by atoms with van der Waals surface area (Å²) in [4.78, 5) is 27.9. The van der Waals surface area contributed by atoms with Crippen LogP contribution in [-0.4, -0.2) is 42.6 Å². The number of nitrogens with zero attached hydrogens (tertiary/aromatic N) is 1. The van der Waals surface area contributed by atoms with Gasteiger partial charge in [0.2, 0.25) is 0 Å². The van der Waals surface area contributed by atoms with Gasteiger partial charge in [0.15, 0.2) is 0 Å². The summed E-state index contributed by atoms with van der Waals surface area (Å²) < 4.78 is 4.85. The highest BCUT2D eigenvalue weighted by Crippen LogP contribution is 2.04. The monoisotopic (exact) mass is 279 g/mol. The first kappa shape index (κ1) is 16.1. The van der Waals surface area contributed by atoms with Gasteiger partial charge in [-0.15, -0.1) is 0 Å². The second-order valence-corrected chi connectivity index (χ2v) is 5.36. The Labute approximate surface area is 118 Å². The fourth-order valence-corrected chi connectivity index (χ4v) is 1.45. The molecule has 6 nitrogen and oxygen atoms in total. The lowest BCUT2D eigenvalue weighted by Crippen LogP contribution is -2.41. The maximum Gasteiger partial charge on any atom is 0.270 e. The summed E-state index contributed by atoms with van der Waals surface area (Å²) in [6.07, 6.45) is 0. The van der Waals surface area contributed by atoms with Crippen molar-refractivity contribution in [1.29, 1.82) is 0 Å². The minimum Gasteiger partial charge on any atom is -0.383 e. The van der Waals surface area contributed by atoms with Gasteiger partial charge >= 0.3 is 0 Å². The van der Waals surface area contributed by atoms with Gasteiger partial charge in [0.05, 0.1) is 6.61 Å². The minimum absolute atomic E-state index is 0.211. The SMILES string of the molecule is COCCNC(=O)c1cccc(C(=O)NC(C)(C)C)n1. The first-order chi connectivity index (χ1) is 9.33. The van der Waals surface area contributed by atoms with Crippen LogP contribution < -0.4 is 10.6 Å². The Kier molecular flexibility index (Phi) is 5.64. The number of carbonyl (C=O) groups excluding carboxylic acids is 2. The summed E-state index contributed by atoms with van der Waals surface area (Å²) in [7, 11) is 1.56. The van der Waals surface area contributed by atoms with Gasteiger partial charge in [-0.05, 0) is 32.9 Å². The molecule has 110 valence electrons. The summed E-state index contributed by atoms with van der Waals surface area (Å²) in [6.45, 7) is 6.47. The first-order valence-corrected chi connectivity index (χ1v) is 6.40. The Morgan fingerprint density at radius 2 is 1.80 bits per heavy atom. The number of pyridine rings is 1. The van der Waals surface area contributed by atoms with Gasteiger partial charge in [0.1, 0.15) is 11.4 Å². The Morgan fingerprint density at radius 1 is 1.20 bits per heavy atom. The van der Waals surface area contributed by atoms with E-state index in [1.165, 1.54) is 0 Å². The average Bonchev–Trinajstić information content (AvgIpc) is 2.37. The molecule has 0 atom stereocenters. The van der Waals surface area contributed by atoms with E-state index < -0.39 is 0 Å². The van der Waals surface area contributed by atoms with Crippen LogP contribution in [0.2, 0.25) is 0 Å². The van der Waals surface area contributed by atoms with Crippen molar-refractivity contribution in [3.05, 3.63) is 29.6 Å². The molecule has 0 fully saturated rings. The van der Waals surface area contributed by atoms with Gasteiger partial charge in [-0.25, -0.2) is 4.98 Å². The van der Waals surface area contributed by atoms with Crippen LogP contribution in [0.4, 0.5) is 0 Å². The van der Waals surface area contributed by atoms with Gasteiger partial charge in [-0.2, -0.15) is 0 Å². The normalized spacial score (nSPS) is 11.0. The standard InChI is InChI=1S/C14H21N3O3/c1-14(2,3)17-13(19)11-7-5-6-10(16-11)12(18)15-8-9-20-4/h5-7H,8-9H2,1-4H3,(H,15,18)(H,17,19). The van der Waals surface area contributed by atoms with E-state index in [1.807, 2.05) is 20.8 Å². The highest BCUT2D eigenvalue weighted by atomic mass is 16.5. The van der Waals surface area contributed by atoms with E-state index in [0.717, 1.165) is 0 Å². The van der Waals surface area contributed by atoms with Gasteiger partial charge in [-0.3, -0.25) is 9.59 Å². The van der Waals surface area contributed by atoms with E-state index in [4.69, 9.17) is 4.74 Å². The third-order valence-corrected chi connectivity index (χ3v) is 2.29. The van der Waals surface area contributed by atoms with Crippen molar-refractivity contribution in [3.63, 3.8) is 0 Å². The molecule has 0 aliphatic heterocycles. The van der Waals surface area contributed by atoms with Crippen molar-refractivity contribution in [1.82, 2.24) is 15.6 Å². The maximum atomic E-state index is 12.0. The van der Waals surface area contributed by atoms with Crippen LogP contribution >= 0.6 is 0 Å². The second kappa shape index (κ2) is 7.00.